The molecule has 1 saturated heterocycles. The van der Waals surface area contributed by atoms with E-state index < -0.39 is 5.97 Å². The zero-order valence-electron chi connectivity index (χ0n) is 9.65. The Balaban J connectivity index is 1.71. The molecule has 5 nitrogen and oxygen atoms in total. The maximum absolute atomic E-state index is 10.6. The Hall–Kier alpha value is -1.33. The normalized spacial score (nSPS) is 20.4. The summed E-state index contributed by atoms with van der Waals surface area (Å²) < 4.78 is 10.5. The number of rotatable bonds is 5. The highest BCUT2D eigenvalue weighted by molar-refractivity contribution is 5.87. The highest BCUT2D eigenvalue weighted by Gasteiger charge is 2.13. The minimum absolute atomic E-state index is 0.197. The SMILES string of the molecule is O=C(O)c1coc(CNCC2CCCOC2)c1. The summed E-state index contributed by atoms with van der Waals surface area (Å²) in [5, 5.41) is 12.0. The molecule has 5 heteroatoms. The first kappa shape index (κ1) is 12.1. The molecule has 0 bridgehead atoms. The van der Waals surface area contributed by atoms with Gasteiger partial charge in [0.2, 0.25) is 0 Å². The van der Waals surface area contributed by atoms with Gasteiger partial charge in [-0.25, -0.2) is 4.79 Å². The number of nitrogens with one attached hydrogen (secondary N) is 1. The van der Waals surface area contributed by atoms with E-state index in [1.807, 2.05) is 0 Å². The molecular weight excluding hydrogens is 222 g/mol. The van der Waals surface area contributed by atoms with Crippen molar-refractivity contribution in [3.8, 4) is 0 Å². The Morgan fingerprint density at radius 3 is 3.12 bits per heavy atom. The van der Waals surface area contributed by atoms with E-state index in [-0.39, 0.29) is 5.56 Å². The fourth-order valence-electron chi connectivity index (χ4n) is 1.95. The van der Waals surface area contributed by atoms with Gasteiger partial charge in [0, 0.05) is 13.2 Å². The van der Waals surface area contributed by atoms with Crippen LogP contribution in [0.3, 0.4) is 0 Å². The van der Waals surface area contributed by atoms with Crippen LogP contribution in [0.1, 0.15) is 29.0 Å². The second-order valence-electron chi connectivity index (χ2n) is 4.32. The fraction of sp³-hybridized carbons (Fsp3) is 0.583. The molecule has 17 heavy (non-hydrogen) atoms. The van der Waals surface area contributed by atoms with Crippen LogP contribution in [0.5, 0.6) is 0 Å². The monoisotopic (exact) mass is 239 g/mol. The van der Waals surface area contributed by atoms with Gasteiger partial charge in [-0.2, -0.15) is 0 Å². The van der Waals surface area contributed by atoms with Crippen LogP contribution < -0.4 is 5.32 Å². The Morgan fingerprint density at radius 2 is 2.47 bits per heavy atom. The van der Waals surface area contributed by atoms with Gasteiger partial charge in [-0.3, -0.25) is 0 Å². The predicted octanol–water partition coefficient (Wildman–Crippen LogP) is 1.49. The Labute approximate surface area is 99.8 Å². The standard InChI is InChI=1S/C12H17NO4/c14-12(15)10-4-11(17-8-10)6-13-5-9-2-1-3-16-7-9/h4,8-9,13H,1-3,5-7H2,(H,14,15). The number of carboxylic acid groups (broad SMARTS) is 1. The molecule has 2 heterocycles. The number of carbonyl (C=O) groups is 1. The Morgan fingerprint density at radius 1 is 1.59 bits per heavy atom. The topological polar surface area (TPSA) is 71.7 Å². The van der Waals surface area contributed by atoms with Crippen LogP contribution >= 0.6 is 0 Å². The zero-order chi connectivity index (χ0) is 12.1. The van der Waals surface area contributed by atoms with Gasteiger partial charge in [-0.15, -0.1) is 0 Å². The van der Waals surface area contributed by atoms with Crippen molar-refractivity contribution in [1.29, 1.82) is 0 Å². The molecule has 1 aliphatic heterocycles. The number of aromatic carboxylic acids is 1. The fourth-order valence-corrected chi connectivity index (χ4v) is 1.95. The third-order valence-corrected chi connectivity index (χ3v) is 2.89. The first-order valence-electron chi connectivity index (χ1n) is 5.85. The van der Waals surface area contributed by atoms with Crippen molar-refractivity contribution >= 4 is 5.97 Å². The molecular formula is C12H17NO4. The van der Waals surface area contributed by atoms with E-state index in [0.717, 1.165) is 26.2 Å². The van der Waals surface area contributed by atoms with E-state index in [2.05, 4.69) is 5.32 Å². The summed E-state index contributed by atoms with van der Waals surface area (Å²) in [6, 6.07) is 1.55. The maximum Gasteiger partial charge on any atom is 0.338 e. The largest absolute Gasteiger partial charge is 0.478 e. The molecule has 0 radical (unpaired) electrons. The molecule has 1 fully saturated rings. The number of carboxylic acids is 1. The molecule has 2 rings (SSSR count). The van der Waals surface area contributed by atoms with Gasteiger partial charge in [0.1, 0.15) is 12.0 Å². The summed E-state index contributed by atoms with van der Waals surface area (Å²) in [6.07, 6.45) is 3.57. The molecule has 0 spiro atoms. The van der Waals surface area contributed by atoms with Crippen LogP contribution in [0.15, 0.2) is 16.7 Å². The minimum Gasteiger partial charge on any atom is -0.478 e. The molecule has 1 aromatic rings. The van der Waals surface area contributed by atoms with E-state index in [4.69, 9.17) is 14.3 Å². The highest BCUT2D eigenvalue weighted by Crippen LogP contribution is 2.13. The lowest BCUT2D eigenvalue weighted by Gasteiger charge is -2.21. The number of furan rings is 1. The van der Waals surface area contributed by atoms with Crippen molar-refractivity contribution in [2.75, 3.05) is 19.8 Å². The Bertz CT molecular complexity index is 368. The average molecular weight is 239 g/mol. The van der Waals surface area contributed by atoms with Crippen LogP contribution in [-0.2, 0) is 11.3 Å². The molecule has 94 valence electrons. The molecule has 2 N–H and O–H groups in total. The van der Waals surface area contributed by atoms with Gasteiger partial charge in [0.05, 0.1) is 18.7 Å². The number of ether oxygens (including phenoxy) is 1. The molecule has 1 unspecified atom stereocenters. The van der Waals surface area contributed by atoms with Gasteiger partial charge < -0.3 is 19.6 Å². The third-order valence-electron chi connectivity index (χ3n) is 2.89. The van der Waals surface area contributed by atoms with Crippen molar-refractivity contribution in [2.45, 2.75) is 19.4 Å². The van der Waals surface area contributed by atoms with Crippen molar-refractivity contribution in [3.05, 3.63) is 23.7 Å². The van der Waals surface area contributed by atoms with Crippen LogP contribution in [-0.4, -0.2) is 30.8 Å². The average Bonchev–Trinajstić information content (AvgIpc) is 2.79. The molecule has 0 aliphatic carbocycles. The third kappa shape index (κ3) is 3.57. The first-order chi connectivity index (χ1) is 8.25. The summed E-state index contributed by atoms with van der Waals surface area (Å²) in [7, 11) is 0. The predicted molar refractivity (Wildman–Crippen MR) is 60.9 cm³/mol. The van der Waals surface area contributed by atoms with E-state index in [1.54, 1.807) is 6.07 Å². The lowest BCUT2D eigenvalue weighted by atomic mass is 10.0. The van der Waals surface area contributed by atoms with Crippen molar-refractivity contribution in [1.82, 2.24) is 5.32 Å². The maximum atomic E-state index is 10.6. The van der Waals surface area contributed by atoms with Gasteiger partial charge in [0.15, 0.2) is 0 Å². The summed E-state index contributed by atoms with van der Waals surface area (Å²) in [5.74, 6) is 0.248. The van der Waals surface area contributed by atoms with E-state index in [1.165, 1.54) is 12.7 Å². The summed E-state index contributed by atoms with van der Waals surface area (Å²) in [6.45, 7) is 3.12. The van der Waals surface area contributed by atoms with E-state index in [0.29, 0.717) is 18.2 Å². The van der Waals surface area contributed by atoms with Gasteiger partial charge >= 0.3 is 5.97 Å². The lowest BCUT2D eigenvalue weighted by Crippen LogP contribution is -2.28. The van der Waals surface area contributed by atoms with E-state index in [9.17, 15) is 4.79 Å². The summed E-state index contributed by atoms with van der Waals surface area (Å²) >= 11 is 0. The molecule has 1 aliphatic rings. The molecule has 0 aromatic carbocycles. The highest BCUT2D eigenvalue weighted by atomic mass is 16.5. The lowest BCUT2D eigenvalue weighted by molar-refractivity contribution is 0.0546. The van der Waals surface area contributed by atoms with Gasteiger partial charge in [-0.1, -0.05) is 0 Å². The van der Waals surface area contributed by atoms with Gasteiger partial charge in [-0.05, 0) is 24.8 Å². The molecule has 1 aromatic heterocycles. The smallest absolute Gasteiger partial charge is 0.338 e. The number of hydrogen-bond donors (Lipinski definition) is 2. The molecule has 0 amide bonds. The second-order valence-corrected chi connectivity index (χ2v) is 4.32. The van der Waals surface area contributed by atoms with Gasteiger partial charge in [0.25, 0.3) is 0 Å². The van der Waals surface area contributed by atoms with Crippen LogP contribution in [0.4, 0.5) is 0 Å². The summed E-state index contributed by atoms with van der Waals surface area (Å²) in [4.78, 5) is 10.6. The van der Waals surface area contributed by atoms with Crippen LogP contribution in [0.2, 0.25) is 0 Å². The Kier molecular flexibility index (Phi) is 4.17. The summed E-state index contributed by atoms with van der Waals surface area (Å²) in [5.41, 5.74) is 0.197. The van der Waals surface area contributed by atoms with Crippen molar-refractivity contribution in [3.63, 3.8) is 0 Å². The quantitative estimate of drug-likeness (QED) is 0.814. The zero-order valence-corrected chi connectivity index (χ0v) is 9.65. The van der Waals surface area contributed by atoms with E-state index >= 15 is 0 Å². The van der Waals surface area contributed by atoms with Crippen molar-refractivity contribution < 1.29 is 19.1 Å². The molecule has 0 saturated carbocycles. The minimum atomic E-state index is -0.958. The molecule has 1 atom stereocenters. The van der Waals surface area contributed by atoms with Crippen molar-refractivity contribution in [2.24, 2.45) is 5.92 Å². The van der Waals surface area contributed by atoms with Crippen LogP contribution in [0, 0.1) is 5.92 Å². The first-order valence-corrected chi connectivity index (χ1v) is 5.85. The second kappa shape index (κ2) is 5.84. The number of hydrogen-bond acceptors (Lipinski definition) is 4. The van der Waals surface area contributed by atoms with Crippen LogP contribution in [0.25, 0.3) is 0 Å².